The number of nitrogens with one attached hydrogen (secondary N) is 1. The molecule has 0 fully saturated rings. The van der Waals surface area contributed by atoms with E-state index in [0.717, 1.165) is 5.52 Å². The molecule has 0 aliphatic rings. The van der Waals surface area contributed by atoms with Crippen molar-refractivity contribution >= 4 is 16.9 Å². The van der Waals surface area contributed by atoms with Crippen LogP contribution in [0.4, 0.5) is 19.0 Å². The van der Waals surface area contributed by atoms with E-state index in [1.165, 1.54) is 6.92 Å². The number of fused-ring (bicyclic) bond motifs is 1. The van der Waals surface area contributed by atoms with Crippen LogP contribution in [0.25, 0.3) is 11.0 Å². The highest BCUT2D eigenvalue weighted by Crippen LogP contribution is 2.25. The molecular weight excluding hydrogens is 245 g/mol. The van der Waals surface area contributed by atoms with Crippen molar-refractivity contribution in [3.05, 3.63) is 18.6 Å². The van der Waals surface area contributed by atoms with E-state index in [9.17, 15) is 13.2 Å². The Kier molecular flexibility index (Phi) is 3.14. The first-order chi connectivity index (χ1) is 8.37. The summed E-state index contributed by atoms with van der Waals surface area (Å²) in [6, 6.07) is 1.02. The molecule has 7 heteroatoms. The largest absolute Gasteiger partial charge is 0.391 e. The second-order valence-electron chi connectivity index (χ2n) is 4.25. The van der Waals surface area contributed by atoms with Crippen LogP contribution in [0.15, 0.2) is 18.6 Å². The van der Waals surface area contributed by atoms with Crippen LogP contribution in [0.3, 0.4) is 0 Å². The van der Waals surface area contributed by atoms with Crippen LogP contribution in [0.5, 0.6) is 0 Å². The molecule has 2 rings (SSSR count). The van der Waals surface area contributed by atoms with Gasteiger partial charge in [0.15, 0.2) is 5.82 Å². The number of pyridine rings is 1. The van der Waals surface area contributed by atoms with Gasteiger partial charge in [0.25, 0.3) is 0 Å². The zero-order valence-electron chi connectivity index (χ0n) is 9.99. The second kappa shape index (κ2) is 4.47. The Morgan fingerprint density at radius 2 is 2.11 bits per heavy atom. The Bertz CT molecular complexity index is 547. The molecule has 1 unspecified atom stereocenters. The minimum absolute atomic E-state index is 0.379. The van der Waals surface area contributed by atoms with Crippen LogP contribution in [0.2, 0.25) is 0 Å². The molecule has 0 aliphatic heterocycles. The van der Waals surface area contributed by atoms with E-state index in [4.69, 9.17) is 0 Å². The zero-order chi connectivity index (χ0) is 13.3. The number of rotatable bonds is 3. The predicted molar refractivity (Wildman–Crippen MR) is 62.3 cm³/mol. The molecule has 0 aromatic carbocycles. The van der Waals surface area contributed by atoms with Gasteiger partial charge in [0.1, 0.15) is 5.52 Å². The van der Waals surface area contributed by atoms with Gasteiger partial charge in [-0.1, -0.05) is 0 Å². The number of halogens is 3. The summed E-state index contributed by atoms with van der Waals surface area (Å²) in [5.74, 6) is 0.379. The van der Waals surface area contributed by atoms with Gasteiger partial charge in [-0.05, 0) is 13.0 Å². The van der Waals surface area contributed by atoms with Crippen LogP contribution in [0, 0.1) is 0 Å². The summed E-state index contributed by atoms with van der Waals surface area (Å²) >= 11 is 0. The molecule has 0 radical (unpaired) electrons. The van der Waals surface area contributed by atoms with Crippen molar-refractivity contribution in [3.8, 4) is 0 Å². The average Bonchev–Trinajstić information content (AvgIpc) is 2.59. The lowest BCUT2D eigenvalue weighted by Gasteiger charge is -2.16. The van der Waals surface area contributed by atoms with Crippen LogP contribution in [0.1, 0.15) is 13.3 Å². The highest BCUT2D eigenvalue weighted by Gasteiger charge is 2.30. The van der Waals surface area contributed by atoms with Crippen LogP contribution < -0.4 is 5.32 Å². The van der Waals surface area contributed by atoms with Gasteiger partial charge in [0.2, 0.25) is 0 Å². The van der Waals surface area contributed by atoms with Gasteiger partial charge >= 0.3 is 6.18 Å². The Hall–Kier alpha value is -1.79. The molecular formula is C11H13F3N4. The van der Waals surface area contributed by atoms with E-state index >= 15 is 0 Å². The Balaban J connectivity index is 2.22. The highest BCUT2D eigenvalue weighted by molar-refractivity contribution is 5.85. The van der Waals surface area contributed by atoms with Crippen molar-refractivity contribution in [1.82, 2.24) is 14.5 Å². The van der Waals surface area contributed by atoms with E-state index in [2.05, 4.69) is 15.3 Å². The minimum Gasteiger partial charge on any atom is -0.365 e. The lowest BCUT2D eigenvalue weighted by Crippen LogP contribution is -2.24. The second-order valence-corrected chi connectivity index (χ2v) is 4.25. The summed E-state index contributed by atoms with van der Waals surface area (Å²) < 4.78 is 38.5. The third-order valence-electron chi connectivity index (χ3n) is 2.56. The number of hydrogen-bond acceptors (Lipinski definition) is 3. The molecule has 0 saturated heterocycles. The van der Waals surface area contributed by atoms with Gasteiger partial charge < -0.3 is 9.88 Å². The number of imidazole rings is 1. The van der Waals surface area contributed by atoms with Crippen LogP contribution in [-0.2, 0) is 7.05 Å². The molecule has 1 N–H and O–H groups in total. The fourth-order valence-corrected chi connectivity index (χ4v) is 1.80. The third-order valence-corrected chi connectivity index (χ3v) is 2.56. The van der Waals surface area contributed by atoms with Crippen LogP contribution >= 0.6 is 0 Å². The summed E-state index contributed by atoms with van der Waals surface area (Å²) in [4.78, 5) is 8.16. The lowest BCUT2D eigenvalue weighted by molar-refractivity contribution is -0.136. The average molecular weight is 258 g/mol. The fourth-order valence-electron chi connectivity index (χ4n) is 1.80. The minimum atomic E-state index is -4.19. The summed E-state index contributed by atoms with van der Waals surface area (Å²) in [6.07, 6.45) is -1.94. The maximum atomic E-state index is 12.2. The Morgan fingerprint density at radius 3 is 2.78 bits per heavy atom. The van der Waals surface area contributed by atoms with Crippen molar-refractivity contribution in [1.29, 1.82) is 0 Å². The molecule has 0 aliphatic carbocycles. The van der Waals surface area contributed by atoms with Gasteiger partial charge in [0.05, 0.1) is 18.3 Å². The molecule has 98 valence electrons. The number of nitrogens with zero attached hydrogens (tertiary/aromatic N) is 3. The standard InChI is InChI=1S/C11H13F3N4/c1-7(5-11(12,13)14)17-10-9-8(3-4-15-10)18(2)6-16-9/h3-4,6-7H,5H2,1-2H3,(H,15,17). The van der Waals surface area contributed by atoms with Crippen molar-refractivity contribution < 1.29 is 13.2 Å². The monoisotopic (exact) mass is 258 g/mol. The van der Waals surface area contributed by atoms with E-state index in [-0.39, 0.29) is 0 Å². The van der Waals surface area contributed by atoms with Gasteiger partial charge in [-0.3, -0.25) is 0 Å². The molecule has 0 saturated carbocycles. The number of hydrogen-bond donors (Lipinski definition) is 1. The topological polar surface area (TPSA) is 42.7 Å². The molecule has 4 nitrogen and oxygen atoms in total. The molecule has 2 aromatic rings. The Labute approximate surface area is 102 Å². The maximum absolute atomic E-state index is 12.2. The number of anilines is 1. The van der Waals surface area contributed by atoms with Gasteiger partial charge in [0, 0.05) is 19.3 Å². The van der Waals surface area contributed by atoms with E-state index in [0.29, 0.717) is 11.3 Å². The van der Waals surface area contributed by atoms with E-state index < -0.39 is 18.6 Å². The Morgan fingerprint density at radius 1 is 1.39 bits per heavy atom. The SMILES string of the molecule is CC(CC(F)(F)F)Nc1nccc2c1ncn2C. The molecule has 2 heterocycles. The van der Waals surface area contributed by atoms with Crippen LogP contribution in [-0.4, -0.2) is 26.8 Å². The molecule has 0 amide bonds. The smallest absolute Gasteiger partial charge is 0.365 e. The van der Waals surface area contributed by atoms with Gasteiger partial charge in [-0.25, -0.2) is 9.97 Å². The zero-order valence-corrected chi connectivity index (χ0v) is 9.99. The summed E-state index contributed by atoms with van der Waals surface area (Å²) in [6.45, 7) is 1.47. The quantitative estimate of drug-likeness (QED) is 0.920. The van der Waals surface area contributed by atoms with Crippen molar-refractivity contribution in [2.24, 2.45) is 7.05 Å². The molecule has 0 bridgehead atoms. The summed E-state index contributed by atoms with van der Waals surface area (Å²) in [5.41, 5.74) is 1.40. The number of aromatic nitrogens is 3. The van der Waals surface area contributed by atoms with Gasteiger partial charge in [-0.2, -0.15) is 13.2 Å². The lowest BCUT2D eigenvalue weighted by atomic mass is 10.2. The highest BCUT2D eigenvalue weighted by atomic mass is 19.4. The van der Waals surface area contributed by atoms with E-state index in [1.807, 2.05) is 7.05 Å². The van der Waals surface area contributed by atoms with Gasteiger partial charge in [-0.15, -0.1) is 0 Å². The summed E-state index contributed by atoms with van der Waals surface area (Å²) in [5, 5.41) is 2.75. The first-order valence-corrected chi connectivity index (χ1v) is 5.46. The molecule has 0 spiro atoms. The van der Waals surface area contributed by atoms with Crippen molar-refractivity contribution in [2.45, 2.75) is 25.6 Å². The first-order valence-electron chi connectivity index (χ1n) is 5.46. The van der Waals surface area contributed by atoms with Crippen molar-refractivity contribution in [2.75, 3.05) is 5.32 Å². The maximum Gasteiger partial charge on any atom is 0.391 e. The number of aryl methyl sites for hydroxylation is 1. The van der Waals surface area contributed by atoms with E-state index in [1.54, 1.807) is 23.2 Å². The molecule has 18 heavy (non-hydrogen) atoms. The predicted octanol–water partition coefficient (Wildman–Crippen LogP) is 2.72. The summed E-state index contributed by atoms with van der Waals surface area (Å²) in [7, 11) is 1.82. The molecule has 1 atom stereocenters. The third kappa shape index (κ3) is 2.72. The number of alkyl halides is 3. The first kappa shape index (κ1) is 12.7. The molecule has 2 aromatic heterocycles. The van der Waals surface area contributed by atoms with Crippen molar-refractivity contribution in [3.63, 3.8) is 0 Å². The fraction of sp³-hybridized carbons (Fsp3) is 0.455. The normalized spacial score (nSPS) is 13.8.